The first-order valence-corrected chi connectivity index (χ1v) is 19.4. The second-order valence-corrected chi connectivity index (χ2v) is 16.4. The molecule has 0 spiro atoms. The van der Waals surface area contributed by atoms with E-state index in [4.69, 9.17) is 0 Å². The van der Waals surface area contributed by atoms with Gasteiger partial charge in [-0.05, 0) is 59.7 Å². The number of nitrogens with zero attached hydrogens (tertiary/aromatic N) is 4. The molecule has 0 saturated carbocycles. The highest BCUT2D eigenvalue weighted by atomic mass is 32.2. The summed E-state index contributed by atoms with van der Waals surface area (Å²) >= 11 is 1.64. The second kappa shape index (κ2) is 15.6. The summed E-state index contributed by atoms with van der Waals surface area (Å²) in [7, 11) is -6.35. The predicted molar refractivity (Wildman–Crippen MR) is 178 cm³/mol. The van der Waals surface area contributed by atoms with Gasteiger partial charge in [0.1, 0.15) is 31.3 Å². The maximum absolute atomic E-state index is 13.4. The van der Waals surface area contributed by atoms with E-state index >= 15 is 0 Å². The molecule has 4 rings (SSSR count). The predicted octanol–water partition coefficient (Wildman–Crippen LogP) is 5.29. The summed E-state index contributed by atoms with van der Waals surface area (Å²) in [5, 5.41) is 0. The molecule has 13 heteroatoms. The molecule has 0 radical (unpaired) electrons. The van der Waals surface area contributed by atoms with E-state index in [1.165, 1.54) is 36.8 Å². The zero-order chi connectivity index (χ0) is 32.5. The molecule has 4 aromatic rings. The Labute approximate surface area is 268 Å². The van der Waals surface area contributed by atoms with E-state index in [9.17, 15) is 25.6 Å². The van der Waals surface area contributed by atoms with Crippen LogP contribution in [-0.4, -0.2) is 63.9 Å². The molecule has 0 amide bonds. The normalized spacial score (nSPS) is 11.8. The molecule has 0 atom stereocenters. The Kier molecular flexibility index (Phi) is 11.9. The average molecular weight is 675 g/mol. The summed E-state index contributed by atoms with van der Waals surface area (Å²) < 4.78 is 74.0. The minimum Gasteiger partial charge on any atom is -0.365 e. The van der Waals surface area contributed by atoms with Crippen LogP contribution in [0.3, 0.4) is 0 Å². The van der Waals surface area contributed by atoms with Crippen molar-refractivity contribution in [2.24, 2.45) is 0 Å². The summed E-state index contributed by atoms with van der Waals surface area (Å²) in [4.78, 5) is 13.0. The molecule has 2 aromatic carbocycles. The molecule has 2 aromatic heterocycles. The highest BCUT2D eigenvalue weighted by Gasteiger charge is 2.14. The summed E-state index contributed by atoms with van der Waals surface area (Å²) in [6.45, 7) is 1.40. The largest absolute Gasteiger partial charge is 0.365 e. The van der Waals surface area contributed by atoms with Gasteiger partial charge < -0.3 is 9.80 Å². The molecule has 0 aliphatic heterocycles. The van der Waals surface area contributed by atoms with Gasteiger partial charge in [0.25, 0.3) is 0 Å². The zero-order valence-electron chi connectivity index (χ0n) is 25.1. The van der Waals surface area contributed by atoms with Gasteiger partial charge in [-0.25, -0.2) is 25.6 Å². The van der Waals surface area contributed by atoms with Crippen molar-refractivity contribution in [2.45, 2.75) is 24.6 Å². The fourth-order valence-corrected chi connectivity index (χ4v) is 6.38. The zero-order valence-corrected chi connectivity index (χ0v) is 27.6. The Morgan fingerprint density at radius 1 is 0.600 bits per heavy atom. The van der Waals surface area contributed by atoms with E-state index in [-0.39, 0.29) is 36.2 Å². The summed E-state index contributed by atoms with van der Waals surface area (Å²) in [5.41, 5.74) is 4.98. The first-order valence-electron chi connectivity index (χ1n) is 14.1. The number of benzene rings is 2. The van der Waals surface area contributed by atoms with Gasteiger partial charge >= 0.3 is 0 Å². The molecule has 2 heterocycles. The van der Waals surface area contributed by atoms with E-state index in [2.05, 4.69) is 9.97 Å². The molecule has 8 nitrogen and oxygen atoms in total. The molecule has 0 fully saturated rings. The molecule has 0 unspecified atom stereocenters. The van der Waals surface area contributed by atoms with Crippen molar-refractivity contribution in [3.05, 3.63) is 119 Å². The van der Waals surface area contributed by atoms with E-state index in [1.807, 2.05) is 34.1 Å². The lowest BCUT2D eigenvalue weighted by atomic mass is 10.2. The van der Waals surface area contributed by atoms with Gasteiger partial charge in [-0.2, -0.15) is 0 Å². The smallest absolute Gasteiger partial charge is 0.149 e. The summed E-state index contributed by atoms with van der Waals surface area (Å²) in [6.07, 6.45) is 5.85. The third-order valence-corrected chi connectivity index (χ3v) is 9.73. The summed E-state index contributed by atoms with van der Waals surface area (Å²) in [5.74, 6) is 0.583. The second-order valence-electron chi connectivity index (χ2n) is 10.9. The number of hydrogen-bond donors (Lipinski definition) is 0. The monoisotopic (exact) mass is 674 g/mol. The standard InChI is InChI=1S/C32H36F2N4O4S3/c1-44(39,40)17-15-37(21-25-3-7-27(33)8-4-25)31-13-11-29(35-19-31)23-43-24-30-12-14-32(20-36-30)38(16-18-45(2,41)42)22-26-5-9-28(34)10-6-26/h3-14,19-20H,15-18,21-24H2,1-2H3. The van der Waals surface area contributed by atoms with Crippen molar-refractivity contribution in [2.75, 3.05) is 46.9 Å². The van der Waals surface area contributed by atoms with Crippen molar-refractivity contribution >= 4 is 42.8 Å². The Hall–Kier alpha value is -3.55. The molecular weight excluding hydrogens is 639 g/mol. The van der Waals surface area contributed by atoms with Crippen molar-refractivity contribution < 1.29 is 25.6 Å². The van der Waals surface area contributed by atoms with Crippen molar-refractivity contribution in [1.29, 1.82) is 0 Å². The van der Waals surface area contributed by atoms with Gasteiger partial charge in [0.05, 0.1) is 46.7 Å². The van der Waals surface area contributed by atoms with Crippen LogP contribution in [-0.2, 0) is 44.3 Å². The van der Waals surface area contributed by atoms with Crippen molar-refractivity contribution in [3.63, 3.8) is 0 Å². The lowest BCUT2D eigenvalue weighted by Gasteiger charge is -2.25. The number of pyridine rings is 2. The highest BCUT2D eigenvalue weighted by molar-refractivity contribution is 7.97. The van der Waals surface area contributed by atoms with Crippen LogP contribution < -0.4 is 9.80 Å². The van der Waals surface area contributed by atoms with Gasteiger partial charge in [-0.15, -0.1) is 11.8 Å². The van der Waals surface area contributed by atoms with E-state index < -0.39 is 19.7 Å². The highest BCUT2D eigenvalue weighted by Crippen LogP contribution is 2.22. The van der Waals surface area contributed by atoms with Gasteiger partial charge in [0, 0.05) is 50.2 Å². The molecule has 240 valence electrons. The number of anilines is 2. The maximum atomic E-state index is 13.4. The average Bonchev–Trinajstić information content (AvgIpc) is 2.99. The molecule has 0 aliphatic carbocycles. The van der Waals surface area contributed by atoms with Crippen molar-refractivity contribution in [3.8, 4) is 0 Å². The van der Waals surface area contributed by atoms with Crippen molar-refractivity contribution in [1.82, 2.24) is 9.97 Å². The molecule has 0 N–H and O–H groups in total. The fraction of sp³-hybridized carbons (Fsp3) is 0.312. The van der Waals surface area contributed by atoms with Crippen LogP contribution in [0.2, 0.25) is 0 Å². The van der Waals surface area contributed by atoms with Crippen LogP contribution in [0.5, 0.6) is 0 Å². The third kappa shape index (κ3) is 12.0. The Morgan fingerprint density at radius 3 is 1.29 bits per heavy atom. The van der Waals surface area contributed by atoms with Crippen LogP contribution in [0, 0.1) is 11.6 Å². The first-order chi connectivity index (χ1) is 21.3. The topological polar surface area (TPSA) is 101 Å². The number of rotatable bonds is 16. The Morgan fingerprint density at radius 2 is 0.978 bits per heavy atom. The molecule has 0 aliphatic rings. The number of sulfone groups is 2. The minimum absolute atomic E-state index is 0.0146. The first kappa shape index (κ1) is 34.3. The number of thioether (sulfide) groups is 1. The molecular formula is C32H36F2N4O4S3. The minimum atomic E-state index is -3.18. The van der Waals surface area contributed by atoms with E-state index in [1.54, 1.807) is 48.4 Å². The quantitative estimate of drug-likeness (QED) is 0.157. The van der Waals surface area contributed by atoms with Crippen LogP contribution in [0.25, 0.3) is 0 Å². The summed E-state index contributed by atoms with van der Waals surface area (Å²) in [6, 6.07) is 19.9. The van der Waals surface area contributed by atoms with Crippen LogP contribution in [0.15, 0.2) is 85.2 Å². The molecule has 0 bridgehead atoms. The number of halogens is 2. The number of hydrogen-bond acceptors (Lipinski definition) is 9. The lowest BCUT2D eigenvalue weighted by molar-refractivity contribution is 0.598. The van der Waals surface area contributed by atoms with Gasteiger partial charge in [-0.1, -0.05) is 24.3 Å². The Bertz CT molecular complexity index is 1610. The van der Waals surface area contributed by atoms with Gasteiger partial charge in [-0.3, -0.25) is 9.97 Å². The van der Waals surface area contributed by atoms with Crippen LogP contribution in [0.4, 0.5) is 20.2 Å². The van der Waals surface area contributed by atoms with Crippen LogP contribution >= 0.6 is 11.8 Å². The Balaban J connectivity index is 1.35. The lowest BCUT2D eigenvalue weighted by Crippen LogP contribution is -2.28. The van der Waals surface area contributed by atoms with Gasteiger partial charge in [0.2, 0.25) is 0 Å². The number of aromatic nitrogens is 2. The molecule has 0 saturated heterocycles. The fourth-order valence-electron chi connectivity index (χ4n) is 4.41. The van der Waals surface area contributed by atoms with E-state index in [0.717, 1.165) is 33.9 Å². The third-order valence-electron chi connectivity index (χ3n) is 6.89. The van der Waals surface area contributed by atoms with E-state index in [0.29, 0.717) is 24.6 Å². The SMILES string of the molecule is CS(=O)(=O)CCN(Cc1ccc(F)cc1)c1ccc(CSCc2ccc(N(CCS(C)(=O)=O)Cc3ccc(F)cc3)cn2)nc1. The van der Waals surface area contributed by atoms with Gasteiger partial charge in [0.15, 0.2) is 0 Å². The van der Waals surface area contributed by atoms with Crippen LogP contribution in [0.1, 0.15) is 22.5 Å². The maximum Gasteiger partial charge on any atom is 0.149 e. The molecule has 45 heavy (non-hydrogen) atoms.